The summed E-state index contributed by atoms with van der Waals surface area (Å²) in [5.41, 5.74) is 0.452. The molecular formula is C15H24N2O2. The number of carbonyl (C=O) groups excluding carboxylic acids is 1. The topological polar surface area (TPSA) is 46.3 Å². The third kappa shape index (κ3) is 3.58. The highest BCUT2D eigenvalue weighted by Crippen LogP contribution is 2.24. The molecule has 0 aliphatic carbocycles. The molecule has 4 heteroatoms. The Labute approximate surface area is 115 Å². The molecule has 0 radical (unpaired) electrons. The molecule has 106 valence electrons. The third-order valence-corrected chi connectivity index (χ3v) is 3.73. The van der Waals surface area contributed by atoms with E-state index in [1.54, 1.807) is 6.07 Å². The van der Waals surface area contributed by atoms with Crippen LogP contribution < -0.4 is 0 Å². The maximum atomic E-state index is 12.6. The minimum Gasteiger partial charge on any atom is -0.361 e. The van der Waals surface area contributed by atoms with Gasteiger partial charge in [-0.15, -0.1) is 0 Å². The first-order valence-corrected chi connectivity index (χ1v) is 7.32. The summed E-state index contributed by atoms with van der Waals surface area (Å²) in [6.45, 7) is 7.10. The number of rotatable bonds is 3. The SMILES string of the molecule is Cc1cc(C(=O)N2CCCCC[C@H]2CC(C)C)no1. The fraction of sp³-hybridized carbons (Fsp3) is 0.733. The quantitative estimate of drug-likeness (QED) is 0.840. The highest BCUT2D eigenvalue weighted by molar-refractivity contribution is 5.92. The minimum atomic E-state index is 0.0319. The first kappa shape index (κ1) is 14.1. The Balaban J connectivity index is 2.14. The van der Waals surface area contributed by atoms with Gasteiger partial charge in [-0.25, -0.2) is 0 Å². The van der Waals surface area contributed by atoms with Crippen LogP contribution in [0.3, 0.4) is 0 Å². The average Bonchev–Trinajstić information content (AvgIpc) is 2.65. The molecule has 2 heterocycles. The monoisotopic (exact) mass is 264 g/mol. The van der Waals surface area contributed by atoms with Crippen molar-refractivity contribution in [3.8, 4) is 0 Å². The van der Waals surface area contributed by atoms with E-state index in [2.05, 4.69) is 19.0 Å². The summed E-state index contributed by atoms with van der Waals surface area (Å²) in [6.07, 6.45) is 5.72. The molecule has 1 aliphatic rings. The smallest absolute Gasteiger partial charge is 0.276 e. The summed E-state index contributed by atoms with van der Waals surface area (Å²) in [6, 6.07) is 2.09. The van der Waals surface area contributed by atoms with E-state index in [1.165, 1.54) is 12.8 Å². The van der Waals surface area contributed by atoms with Crippen molar-refractivity contribution in [1.29, 1.82) is 0 Å². The summed E-state index contributed by atoms with van der Waals surface area (Å²) in [4.78, 5) is 14.6. The Kier molecular flexibility index (Phi) is 4.61. The average molecular weight is 264 g/mol. The van der Waals surface area contributed by atoms with Crippen molar-refractivity contribution >= 4 is 5.91 Å². The molecule has 0 spiro atoms. The number of carbonyl (C=O) groups is 1. The second-order valence-electron chi connectivity index (χ2n) is 5.95. The number of hydrogen-bond acceptors (Lipinski definition) is 3. The molecule has 19 heavy (non-hydrogen) atoms. The maximum Gasteiger partial charge on any atom is 0.276 e. The number of hydrogen-bond donors (Lipinski definition) is 0. The largest absolute Gasteiger partial charge is 0.361 e. The van der Waals surface area contributed by atoms with Crippen LogP contribution in [-0.2, 0) is 0 Å². The molecule has 1 amide bonds. The fourth-order valence-corrected chi connectivity index (χ4v) is 2.85. The Morgan fingerprint density at radius 3 is 2.89 bits per heavy atom. The number of aryl methyl sites for hydroxylation is 1. The predicted octanol–water partition coefficient (Wildman–Crippen LogP) is 3.41. The van der Waals surface area contributed by atoms with Crippen molar-refractivity contribution in [2.24, 2.45) is 5.92 Å². The van der Waals surface area contributed by atoms with Crippen LogP contribution in [0.1, 0.15) is 62.2 Å². The summed E-state index contributed by atoms with van der Waals surface area (Å²) in [5.74, 6) is 1.33. The van der Waals surface area contributed by atoms with Crippen LogP contribution >= 0.6 is 0 Å². The minimum absolute atomic E-state index is 0.0319. The number of nitrogens with zero attached hydrogens (tertiary/aromatic N) is 2. The molecular weight excluding hydrogens is 240 g/mol. The van der Waals surface area contributed by atoms with Gasteiger partial charge in [0.2, 0.25) is 0 Å². The fourth-order valence-electron chi connectivity index (χ4n) is 2.85. The summed E-state index contributed by atoms with van der Waals surface area (Å²) >= 11 is 0. The number of aromatic nitrogens is 1. The van der Waals surface area contributed by atoms with Crippen molar-refractivity contribution in [2.45, 2.75) is 58.9 Å². The second kappa shape index (κ2) is 6.22. The molecule has 1 atom stereocenters. The van der Waals surface area contributed by atoms with Crippen LogP contribution in [0, 0.1) is 12.8 Å². The zero-order valence-electron chi connectivity index (χ0n) is 12.2. The standard InChI is InChI=1S/C15H24N2O2/c1-11(2)9-13-7-5-4-6-8-17(13)15(18)14-10-12(3)19-16-14/h10-11,13H,4-9H2,1-3H3/t13-/m0/s1. The molecule has 2 rings (SSSR count). The molecule has 1 aromatic heterocycles. The molecule has 1 saturated heterocycles. The number of likely N-dealkylation sites (tertiary alicyclic amines) is 1. The first-order valence-electron chi connectivity index (χ1n) is 7.32. The van der Waals surface area contributed by atoms with Crippen molar-refractivity contribution in [3.05, 3.63) is 17.5 Å². The highest BCUT2D eigenvalue weighted by Gasteiger charge is 2.28. The van der Waals surface area contributed by atoms with E-state index in [1.807, 2.05) is 11.8 Å². The lowest BCUT2D eigenvalue weighted by molar-refractivity contribution is 0.0650. The lowest BCUT2D eigenvalue weighted by Crippen LogP contribution is -2.40. The summed E-state index contributed by atoms with van der Waals surface area (Å²) < 4.78 is 5.03. The predicted molar refractivity (Wildman–Crippen MR) is 74.0 cm³/mol. The lowest BCUT2D eigenvalue weighted by atomic mass is 9.98. The lowest BCUT2D eigenvalue weighted by Gasteiger charge is -2.30. The van der Waals surface area contributed by atoms with E-state index in [4.69, 9.17) is 4.52 Å². The van der Waals surface area contributed by atoms with E-state index in [0.29, 0.717) is 23.4 Å². The van der Waals surface area contributed by atoms with Gasteiger partial charge in [0.25, 0.3) is 5.91 Å². The van der Waals surface area contributed by atoms with E-state index < -0.39 is 0 Å². The molecule has 0 bridgehead atoms. The van der Waals surface area contributed by atoms with Crippen LogP contribution in [0.15, 0.2) is 10.6 Å². The molecule has 4 nitrogen and oxygen atoms in total. The zero-order valence-corrected chi connectivity index (χ0v) is 12.2. The number of amides is 1. The van der Waals surface area contributed by atoms with Gasteiger partial charge in [-0.05, 0) is 32.1 Å². The van der Waals surface area contributed by atoms with Crippen molar-refractivity contribution < 1.29 is 9.32 Å². The second-order valence-corrected chi connectivity index (χ2v) is 5.95. The Morgan fingerprint density at radius 1 is 1.47 bits per heavy atom. The van der Waals surface area contributed by atoms with Gasteiger partial charge in [0.05, 0.1) is 0 Å². The molecule has 1 aromatic rings. The van der Waals surface area contributed by atoms with E-state index >= 15 is 0 Å². The summed E-state index contributed by atoms with van der Waals surface area (Å²) in [7, 11) is 0. The van der Waals surface area contributed by atoms with E-state index in [9.17, 15) is 4.79 Å². The van der Waals surface area contributed by atoms with Crippen LogP contribution in [-0.4, -0.2) is 28.6 Å². The highest BCUT2D eigenvalue weighted by atomic mass is 16.5. The van der Waals surface area contributed by atoms with Crippen LogP contribution in [0.5, 0.6) is 0 Å². The van der Waals surface area contributed by atoms with Gasteiger partial charge in [-0.1, -0.05) is 31.8 Å². The van der Waals surface area contributed by atoms with Crippen LogP contribution in [0.4, 0.5) is 0 Å². The van der Waals surface area contributed by atoms with E-state index in [-0.39, 0.29) is 5.91 Å². The molecule has 0 N–H and O–H groups in total. The zero-order chi connectivity index (χ0) is 13.8. The molecule has 0 saturated carbocycles. The molecule has 1 aliphatic heterocycles. The van der Waals surface area contributed by atoms with Gasteiger partial charge in [-0.3, -0.25) is 4.79 Å². The van der Waals surface area contributed by atoms with Crippen LogP contribution in [0.25, 0.3) is 0 Å². The molecule has 1 fully saturated rings. The van der Waals surface area contributed by atoms with Gasteiger partial charge < -0.3 is 9.42 Å². The Morgan fingerprint density at radius 2 is 2.26 bits per heavy atom. The maximum absolute atomic E-state index is 12.6. The Hall–Kier alpha value is -1.32. The van der Waals surface area contributed by atoms with Gasteiger partial charge in [0, 0.05) is 18.7 Å². The third-order valence-electron chi connectivity index (χ3n) is 3.73. The van der Waals surface area contributed by atoms with Gasteiger partial charge in [0.1, 0.15) is 5.76 Å². The normalized spacial score (nSPS) is 20.6. The molecule has 0 aromatic carbocycles. The summed E-state index contributed by atoms with van der Waals surface area (Å²) in [5, 5.41) is 3.87. The van der Waals surface area contributed by atoms with Gasteiger partial charge in [-0.2, -0.15) is 0 Å². The van der Waals surface area contributed by atoms with Crippen molar-refractivity contribution in [1.82, 2.24) is 10.1 Å². The molecule has 0 unspecified atom stereocenters. The van der Waals surface area contributed by atoms with Gasteiger partial charge in [0.15, 0.2) is 5.69 Å². The van der Waals surface area contributed by atoms with Crippen LogP contribution in [0.2, 0.25) is 0 Å². The van der Waals surface area contributed by atoms with Gasteiger partial charge >= 0.3 is 0 Å². The van der Waals surface area contributed by atoms with Crippen molar-refractivity contribution in [2.75, 3.05) is 6.54 Å². The van der Waals surface area contributed by atoms with Crippen molar-refractivity contribution in [3.63, 3.8) is 0 Å². The Bertz CT molecular complexity index is 426. The first-order chi connectivity index (χ1) is 9.08. The van der Waals surface area contributed by atoms with E-state index in [0.717, 1.165) is 25.8 Å².